The Morgan fingerprint density at radius 1 is 1.08 bits per heavy atom. The van der Waals surface area contributed by atoms with Crippen LogP contribution in [0.15, 0.2) is 48.5 Å². The Balaban J connectivity index is 2.04. The summed E-state index contributed by atoms with van der Waals surface area (Å²) in [6.07, 6.45) is 3.67. The lowest BCUT2D eigenvalue weighted by Gasteiger charge is -2.37. The predicted molar refractivity (Wildman–Crippen MR) is 112 cm³/mol. The molecule has 2 unspecified atom stereocenters. The first-order chi connectivity index (χ1) is 11.4. The van der Waals surface area contributed by atoms with Gasteiger partial charge in [-0.3, -0.25) is 0 Å². The Hall–Kier alpha value is -0.700. The second-order valence-electron chi connectivity index (χ2n) is 7.92. The molecule has 1 heterocycles. The Morgan fingerprint density at radius 2 is 1.75 bits per heavy atom. The minimum atomic E-state index is -0.0820. The van der Waals surface area contributed by atoms with Crippen molar-refractivity contribution < 1.29 is 0 Å². The van der Waals surface area contributed by atoms with Gasteiger partial charge in [0.25, 0.3) is 0 Å². The maximum atomic E-state index is 3.22. The molecule has 0 bridgehead atoms. The smallest absolute Gasteiger partial charge is 0.0156 e. The van der Waals surface area contributed by atoms with E-state index in [4.69, 9.17) is 0 Å². The molecular weight excluding hydrogens is 326 g/mol. The van der Waals surface area contributed by atoms with Crippen molar-refractivity contribution >= 4 is 17.2 Å². The predicted octanol–water partition coefficient (Wildman–Crippen LogP) is 7.09. The number of fused-ring (bicyclic) bond motifs is 1. The molecule has 4 atom stereocenters. The summed E-state index contributed by atoms with van der Waals surface area (Å²) < 4.78 is 0. The van der Waals surface area contributed by atoms with Gasteiger partial charge >= 0.3 is 0 Å². The molecule has 1 aliphatic rings. The molecule has 0 spiro atoms. The van der Waals surface area contributed by atoms with E-state index in [0.717, 1.165) is 0 Å². The highest BCUT2D eigenvalue weighted by atomic mass is 31.1. The topological polar surface area (TPSA) is 0 Å². The van der Waals surface area contributed by atoms with Crippen molar-refractivity contribution in [2.45, 2.75) is 63.2 Å². The van der Waals surface area contributed by atoms with Crippen LogP contribution in [-0.4, -0.2) is 5.16 Å². The lowest BCUT2D eigenvalue weighted by atomic mass is 9.95. The van der Waals surface area contributed by atoms with Gasteiger partial charge in [0, 0.05) is 11.3 Å². The summed E-state index contributed by atoms with van der Waals surface area (Å²) in [6.45, 7) is 9.59. The zero-order valence-electron chi connectivity index (χ0n) is 15.4. The third kappa shape index (κ3) is 3.47. The quantitative estimate of drug-likeness (QED) is 0.513. The normalized spacial score (nSPS) is 21.5. The second-order valence-corrected chi connectivity index (χ2v) is 11.8. The summed E-state index contributed by atoms with van der Waals surface area (Å²) in [7, 11) is 3.14. The molecule has 0 N–H and O–H groups in total. The Labute approximate surface area is 151 Å². The van der Waals surface area contributed by atoms with Crippen molar-refractivity contribution in [1.82, 2.24) is 0 Å². The third-order valence-corrected chi connectivity index (χ3v) is 9.93. The molecule has 2 aromatic carbocycles. The first kappa shape index (κ1) is 18.1. The van der Waals surface area contributed by atoms with Gasteiger partial charge in [0.15, 0.2) is 0 Å². The van der Waals surface area contributed by atoms with Gasteiger partial charge in [0.1, 0.15) is 0 Å². The van der Waals surface area contributed by atoms with Crippen LogP contribution in [0.2, 0.25) is 0 Å². The fourth-order valence-corrected chi connectivity index (χ4v) is 8.44. The van der Waals surface area contributed by atoms with Crippen LogP contribution in [0.5, 0.6) is 0 Å². The molecule has 3 rings (SSSR count). The van der Waals surface area contributed by atoms with E-state index in [2.05, 4.69) is 85.5 Å². The number of hydrogen-bond acceptors (Lipinski definition) is 0. The second kappa shape index (κ2) is 7.27. The first-order valence-electron chi connectivity index (χ1n) is 9.11. The molecule has 0 aliphatic carbocycles. The van der Waals surface area contributed by atoms with Gasteiger partial charge in [-0.1, -0.05) is 90.6 Å². The van der Waals surface area contributed by atoms with E-state index in [1.807, 2.05) is 0 Å². The summed E-state index contributed by atoms with van der Waals surface area (Å²) in [5, 5.41) is 0.382. The van der Waals surface area contributed by atoms with Crippen molar-refractivity contribution in [3.05, 3.63) is 70.8 Å². The first-order valence-corrected chi connectivity index (χ1v) is 11.4. The van der Waals surface area contributed by atoms with Crippen molar-refractivity contribution in [2.24, 2.45) is 0 Å². The molecule has 2 aromatic rings. The average molecular weight is 356 g/mol. The summed E-state index contributed by atoms with van der Waals surface area (Å²) in [5.41, 5.74) is 7.44. The SMILES string of the molecule is CCCc1ccccc1[C@H](P)[C@@H]1c2ccccc2CP1C(C)(C)C. The monoisotopic (exact) mass is 356 g/mol. The average Bonchev–Trinajstić information content (AvgIpc) is 2.95. The van der Waals surface area contributed by atoms with Gasteiger partial charge in [-0.25, -0.2) is 0 Å². The lowest BCUT2D eigenvalue weighted by molar-refractivity contribution is 0.754. The Kier molecular flexibility index (Phi) is 5.48. The van der Waals surface area contributed by atoms with Crippen molar-refractivity contribution in [1.29, 1.82) is 0 Å². The third-order valence-electron chi connectivity index (χ3n) is 5.19. The van der Waals surface area contributed by atoms with E-state index >= 15 is 0 Å². The molecule has 0 fully saturated rings. The largest absolute Gasteiger partial charge is 0.129 e. The van der Waals surface area contributed by atoms with Crippen LogP contribution < -0.4 is 0 Å². The Morgan fingerprint density at radius 3 is 2.46 bits per heavy atom. The minimum absolute atomic E-state index is 0.0820. The van der Waals surface area contributed by atoms with Crippen LogP contribution in [0, 0.1) is 0 Å². The molecule has 0 aromatic heterocycles. The summed E-state index contributed by atoms with van der Waals surface area (Å²) in [4.78, 5) is 0. The minimum Gasteiger partial charge on any atom is -0.129 e. The molecule has 0 amide bonds. The van der Waals surface area contributed by atoms with E-state index in [0.29, 0.717) is 16.5 Å². The summed E-state index contributed by atoms with van der Waals surface area (Å²) >= 11 is 0. The molecule has 2 heteroatoms. The molecule has 0 saturated heterocycles. The standard InChI is InChI=1S/C22H30P2/c1-5-10-16-11-6-8-13-18(16)20(23)21-19-14-9-7-12-17(19)15-24(21)22(2,3)4/h6-9,11-14,20-21H,5,10,15,23H2,1-4H3/t20-,21-,24?/m0/s1. The van der Waals surface area contributed by atoms with Gasteiger partial charge in [-0.05, 0) is 40.0 Å². The van der Waals surface area contributed by atoms with E-state index in [1.165, 1.54) is 24.6 Å². The van der Waals surface area contributed by atoms with Gasteiger partial charge in [-0.2, -0.15) is 0 Å². The maximum absolute atomic E-state index is 3.22. The van der Waals surface area contributed by atoms with E-state index in [1.54, 1.807) is 16.7 Å². The highest BCUT2D eigenvalue weighted by molar-refractivity contribution is 7.59. The van der Waals surface area contributed by atoms with E-state index in [-0.39, 0.29) is 7.92 Å². The molecule has 0 saturated carbocycles. The van der Waals surface area contributed by atoms with Crippen LogP contribution in [0.1, 0.15) is 67.7 Å². The molecule has 0 radical (unpaired) electrons. The zero-order chi connectivity index (χ0) is 17.3. The number of benzene rings is 2. The summed E-state index contributed by atoms with van der Waals surface area (Å²) in [5.74, 6) is 0. The van der Waals surface area contributed by atoms with Crippen molar-refractivity contribution in [3.8, 4) is 0 Å². The van der Waals surface area contributed by atoms with Crippen LogP contribution in [0.3, 0.4) is 0 Å². The lowest BCUT2D eigenvalue weighted by Crippen LogP contribution is -2.16. The van der Waals surface area contributed by atoms with Gasteiger partial charge in [0.2, 0.25) is 0 Å². The molecule has 1 aliphatic heterocycles. The van der Waals surface area contributed by atoms with Crippen LogP contribution in [0.25, 0.3) is 0 Å². The molecule has 24 heavy (non-hydrogen) atoms. The number of hydrogen-bond donors (Lipinski definition) is 0. The maximum Gasteiger partial charge on any atom is 0.0156 e. The van der Waals surface area contributed by atoms with Crippen molar-refractivity contribution in [2.75, 3.05) is 0 Å². The van der Waals surface area contributed by atoms with Crippen LogP contribution in [0.4, 0.5) is 0 Å². The highest BCUT2D eigenvalue weighted by Gasteiger charge is 2.42. The highest BCUT2D eigenvalue weighted by Crippen LogP contribution is 2.72. The molecular formula is C22H30P2. The number of aryl methyl sites for hydroxylation is 1. The van der Waals surface area contributed by atoms with Crippen molar-refractivity contribution in [3.63, 3.8) is 0 Å². The zero-order valence-corrected chi connectivity index (χ0v) is 17.5. The van der Waals surface area contributed by atoms with E-state index in [9.17, 15) is 0 Å². The van der Waals surface area contributed by atoms with Crippen LogP contribution >= 0.6 is 17.2 Å². The van der Waals surface area contributed by atoms with Gasteiger partial charge in [-0.15, -0.1) is 9.24 Å². The molecule has 0 nitrogen and oxygen atoms in total. The van der Waals surface area contributed by atoms with E-state index < -0.39 is 0 Å². The van der Waals surface area contributed by atoms with Gasteiger partial charge in [0.05, 0.1) is 0 Å². The number of rotatable bonds is 4. The summed E-state index contributed by atoms with van der Waals surface area (Å²) in [6, 6.07) is 18.3. The molecule has 128 valence electrons. The van der Waals surface area contributed by atoms with Gasteiger partial charge < -0.3 is 0 Å². The van der Waals surface area contributed by atoms with Crippen LogP contribution in [-0.2, 0) is 12.6 Å². The Bertz CT molecular complexity index is 699. The fraction of sp³-hybridized carbons (Fsp3) is 0.455. The fourth-order valence-electron chi connectivity index (χ4n) is 3.98.